The number of para-hydroxylation sites is 1. The second kappa shape index (κ2) is 6.97. The molecule has 3 heteroatoms. The maximum absolute atomic E-state index is 2.36. The van der Waals surface area contributed by atoms with Crippen molar-refractivity contribution in [2.75, 3.05) is 18.0 Å². The summed E-state index contributed by atoms with van der Waals surface area (Å²) in [6, 6.07) is 17.3. The Morgan fingerprint density at radius 3 is 2.30 bits per heavy atom. The van der Waals surface area contributed by atoms with Crippen molar-refractivity contribution in [3.05, 3.63) is 59.1 Å². The Balaban J connectivity index is 1.83. The summed E-state index contributed by atoms with van der Waals surface area (Å²) in [6.45, 7) is 6.48. The number of thiazole rings is 1. The van der Waals surface area contributed by atoms with Crippen LogP contribution < -0.4 is 9.47 Å². The maximum atomic E-state index is 2.36. The molecule has 0 N–H and O–H groups in total. The van der Waals surface area contributed by atoms with Crippen LogP contribution in [0.5, 0.6) is 0 Å². The number of rotatable bonds is 5. The SMILES string of the molecule is CCN(CC)c1ccc(C=Cc2sc3ccccc3[n+]2C)cc1. The normalized spacial score (nSPS) is 11.4. The lowest BCUT2D eigenvalue weighted by atomic mass is 10.2. The summed E-state index contributed by atoms with van der Waals surface area (Å²) >= 11 is 1.83. The Morgan fingerprint density at radius 1 is 0.957 bits per heavy atom. The summed E-state index contributed by atoms with van der Waals surface area (Å²) in [6.07, 6.45) is 4.40. The van der Waals surface area contributed by atoms with Crippen LogP contribution in [0.3, 0.4) is 0 Å². The molecule has 0 aliphatic carbocycles. The van der Waals surface area contributed by atoms with Gasteiger partial charge in [-0.3, -0.25) is 0 Å². The van der Waals surface area contributed by atoms with Gasteiger partial charge in [-0.05, 0) is 43.7 Å². The van der Waals surface area contributed by atoms with Gasteiger partial charge in [0.15, 0.2) is 0 Å². The van der Waals surface area contributed by atoms with Crippen LogP contribution in [-0.2, 0) is 7.05 Å². The molecular weight excluding hydrogens is 300 g/mol. The molecule has 0 saturated carbocycles. The van der Waals surface area contributed by atoms with Crippen LogP contribution in [0.15, 0.2) is 48.5 Å². The molecule has 0 saturated heterocycles. The van der Waals surface area contributed by atoms with E-state index in [1.54, 1.807) is 0 Å². The van der Waals surface area contributed by atoms with E-state index in [-0.39, 0.29) is 0 Å². The van der Waals surface area contributed by atoms with Gasteiger partial charge in [0.25, 0.3) is 5.01 Å². The lowest BCUT2D eigenvalue weighted by Gasteiger charge is -2.20. The molecule has 23 heavy (non-hydrogen) atoms. The number of benzene rings is 2. The smallest absolute Gasteiger partial charge is 0.262 e. The predicted octanol–water partition coefficient (Wildman–Crippen LogP) is 4.74. The van der Waals surface area contributed by atoms with Crippen molar-refractivity contribution < 1.29 is 4.57 Å². The van der Waals surface area contributed by atoms with E-state index in [0.717, 1.165) is 13.1 Å². The quantitative estimate of drug-likeness (QED) is 0.615. The Labute approximate surface area is 142 Å². The van der Waals surface area contributed by atoms with Gasteiger partial charge >= 0.3 is 0 Å². The highest BCUT2D eigenvalue weighted by Gasteiger charge is 2.13. The van der Waals surface area contributed by atoms with Crippen molar-refractivity contribution in [1.29, 1.82) is 0 Å². The number of nitrogens with zero attached hydrogens (tertiary/aromatic N) is 2. The van der Waals surface area contributed by atoms with E-state index < -0.39 is 0 Å². The summed E-state index contributed by atoms with van der Waals surface area (Å²) in [4.78, 5) is 2.36. The monoisotopic (exact) mass is 323 g/mol. The molecule has 118 valence electrons. The molecule has 0 fully saturated rings. The van der Waals surface area contributed by atoms with E-state index in [0.29, 0.717) is 0 Å². The van der Waals surface area contributed by atoms with E-state index >= 15 is 0 Å². The third-order valence-corrected chi connectivity index (χ3v) is 5.40. The Hall–Kier alpha value is -2.13. The Bertz CT molecular complexity index is 811. The summed E-state index contributed by atoms with van der Waals surface area (Å²) in [5, 5.41) is 1.26. The fourth-order valence-corrected chi connectivity index (χ4v) is 3.87. The summed E-state index contributed by atoms with van der Waals surface area (Å²) < 4.78 is 3.58. The Morgan fingerprint density at radius 2 is 1.65 bits per heavy atom. The van der Waals surface area contributed by atoms with Crippen LogP contribution in [0.25, 0.3) is 22.4 Å². The molecule has 0 spiro atoms. The first-order valence-electron chi connectivity index (χ1n) is 8.13. The van der Waals surface area contributed by atoms with Crippen LogP contribution in [-0.4, -0.2) is 13.1 Å². The third kappa shape index (κ3) is 3.30. The zero-order valence-corrected chi connectivity index (χ0v) is 14.8. The van der Waals surface area contributed by atoms with Gasteiger partial charge in [-0.2, -0.15) is 4.57 Å². The van der Waals surface area contributed by atoms with Gasteiger partial charge in [0.05, 0.1) is 0 Å². The molecule has 0 atom stereocenters. The molecule has 0 aliphatic rings. The summed E-state index contributed by atoms with van der Waals surface area (Å²) in [5.41, 5.74) is 3.81. The third-order valence-electron chi connectivity index (χ3n) is 4.21. The molecule has 3 rings (SSSR count). The molecule has 3 aromatic rings. The molecule has 1 heterocycles. The molecule has 0 radical (unpaired) electrons. The molecule has 0 amide bonds. The van der Waals surface area contributed by atoms with E-state index in [9.17, 15) is 0 Å². The minimum Gasteiger partial charge on any atom is -0.372 e. The first-order chi connectivity index (χ1) is 11.2. The Kier molecular flexibility index (Phi) is 4.77. The van der Waals surface area contributed by atoms with Crippen LogP contribution in [0.4, 0.5) is 5.69 Å². The number of hydrogen-bond donors (Lipinski definition) is 0. The minimum absolute atomic E-state index is 1.04. The van der Waals surface area contributed by atoms with Crippen LogP contribution in [0, 0.1) is 0 Å². The number of aromatic nitrogens is 1. The van der Waals surface area contributed by atoms with Crippen LogP contribution >= 0.6 is 11.3 Å². The first-order valence-corrected chi connectivity index (χ1v) is 8.95. The van der Waals surface area contributed by atoms with Gasteiger partial charge in [0.2, 0.25) is 5.52 Å². The lowest BCUT2D eigenvalue weighted by Crippen LogP contribution is -2.28. The van der Waals surface area contributed by atoms with Gasteiger partial charge in [-0.25, -0.2) is 0 Å². The van der Waals surface area contributed by atoms with Gasteiger partial charge in [0.1, 0.15) is 11.7 Å². The number of fused-ring (bicyclic) bond motifs is 1. The van der Waals surface area contributed by atoms with Crippen LogP contribution in [0.2, 0.25) is 0 Å². The molecular formula is C20H23N2S+. The van der Waals surface area contributed by atoms with Gasteiger partial charge < -0.3 is 4.90 Å². The van der Waals surface area contributed by atoms with Crippen molar-refractivity contribution in [1.82, 2.24) is 0 Å². The highest BCUT2D eigenvalue weighted by atomic mass is 32.1. The molecule has 2 aromatic carbocycles. The fourth-order valence-electron chi connectivity index (χ4n) is 2.82. The predicted molar refractivity (Wildman–Crippen MR) is 102 cm³/mol. The number of aryl methyl sites for hydroxylation is 1. The summed E-state index contributed by atoms with van der Waals surface area (Å²) in [7, 11) is 2.13. The second-order valence-electron chi connectivity index (χ2n) is 5.56. The molecule has 1 aromatic heterocycles. The van der Waals surface area contributed by atoms with Crippen LogP contribution in [0.1, 0.15) is 24.4 Å². The van der Waals surface area contributed by atoms with Crippen molar-refractivity contribution in [2.45, 2.75) is 13.8 Å². The molecule has 2 nitrogen and oxygen atoms in total. The van der Waals surface area contributed by atoms with Crippen molar-refractivity contribution in [2.24, 2.45) is 7.05 Å². The first kappa shape index (κ1) is 15.8. The second-order valence-corrected chi connectivity index (χ2v) is 6.63. The lowest BCUT2D eigenvalue weighted by molar-refractivity contribution is -0.642. The number of anilines is 1. The largest absolute Gasteiger partial charge is 0.372 e. The maximum Gasteiger partial charge on any atom is 0.262 e. The average molecular weight is 323 g/mol. The average Bonchev–Trinajstić information content (AvgIpc) is 2.92. The van der Waals surface area contributed by atoms with Crippen molar-refractivity contribution in [3.8, 4) is 0 Å². The van der Waals surface area contributed by atoms with Gasteiger partial charge in [0, 0.05) is 30.9 Å². The van der Waals surface area contributed by atoms with E-state index in [2.05, 4.69) is 91.0 Å². The molecule has 0 unspecified atom stereocenters. The van der Waals surface area contributed by atoms with Gasteiger partial charge in [-0.15, -0.1) is 0 Å². The highest BCUT2D eigenvalue weighted by molar-refractivity contribution is 7.18. The van der Waals surface area contributed by atoms with E-state index in [1.165, 1.54) is 26.5 Å². The topological polar surface area (TPSA) is 7.12 Å². The zero-order valence-electron chi connectivity index (χ0n) is 14.0. The minimum atomic E-state index is 1.04. The molecule has 0 bridgehead atoms. The van der Waals surface area contributed by atoms with Gasteiger partial charge in [-0.1, -0.05) is 35.6 Å². The summed E-state index contributed by atoms with van der Waals surface area (Å²) in [5.74, 6) is 0. The standard InChI is InChI=1S/C20H23N2S/c1-4-22(5-2)17-13-10-16(11-14-17)12-15-20-21(3)18-8-6-7-9-19(18)23-20/h6-15H,4-5H2,1-3H3/q+1. The fraction of sp³-hybridized carbons (Fsp3) is 0.250. The van der Waals surface area contributed by atoms with Crippen molar-refractivity contribution in [3.63, 3.8) is 0 Å². The zero-order chi connectivity index (χ0) is 16.2. The highest BCUT2D eigenvalue weighted by Crippen LogP contribution is 2.22. The van der Waals surface area contributed by atoms with E-state index in [1.807, 2.05) is 11.3 Å². The molecule has 0 aliphatic heterocycles. The van der Waals surface area contributed by atoms with Crippen molar-refractivity contribution >= 4 is 39.4 Å². The van der Waals surface area contributed by atoms with E-state index in [4.69, 9.17) is 0 Å². The number of hydrogen-bond acceptors (Lipinski definition) is 2.